The summed E-state index contributed by atoms with van der Waals surface area (Å²) >= 11 is 0. The molecule has 3 nitrogen and oxygen atoms in total. The van der Waals surface area contributed by atoms with Gasteiger partial charge < -0.3 is 9.47 Å². The lowest BCUT2D eigenvalue weighted by molar-refractivity contribution is 0.112. The SMILES string of the molecule is COc1ccc(C=O)c(OC)c1C1(c2ccccc2)CC1. The van der Waals surface area contributed by atoms with E-state index < -0.39 is 0 Å². The second-order valence-corrected chi connectivity index (χ2v) is 5.33. The van der Waals surface area contributed by atoms with Crippen molar-refractivity contribution in [2.24, 2.45) is 0 Å². The highest BCUT2D eigenvalue weighted by atomic mass is 16.5. The van der Waals surface area contributed by atoms with Crippen LogP contribution < -0.4 is 9.47 Å². The molecule has 108 valence electrons. The van der Waals surface area contributed by atoms with Crippen LogP contribution in [0.1, 0.15) is 34.3 Å². The van der Waals surface area contributed by atoms with Gasteiger partial charge in [-0.2, -0.15) is 0 Å². The molecule has 0 bridgehead atoms. The third-order valence-corrected chi connectivity index (χ3v) is 4.26. The lowest BCUT2D eigenvalue weighted by Crippen LogP contribution is -2.13. The van der Waals surface area contributed by atoms with Crippen molar-refractivity contribution < 1.29 is 14.3 Å². The molecular weight excluding hydrogens is 264 g/mol. The maximum atomic E-state index is 11.3. The number of carbonyl (C=O) groups is 1. The Hall–Kier alpha value is -2.29. The Labute approximate surface area is 124 Å². The Morgan fingerprint density at radius 2 is 1.71 bits per heavy atom. The van der Waals surface area contributed by atoms with Crippen LogP contribution in [0, 0.1) is 0 Å². The zero-order valence-electron chi connectivity index (χ0n) is 12.3. The fraction of sp³-hybridized carbons (Fsp3) is 0.278. The molecule has 1 aliphatic carbocycles. The molecular formula is C18H18O3. The van der Waals surface area contributed by atoms with Gasteiger partial charge in [0.05, 0.1) is 19.8 Å². The molecule has 0 aliphatic heterocycles. The summed E-state index contributed by atoms with van der Waals surface area (Å²) in [5.74, 6) is 1.41. The van der Waals surface area contributed by atoms with Gasteiger partial charge in [-0.05, 0) is 30.5 Å². The first-order chi connectivity index (χ1) is 10.3. The molecule has 0 spiro atoms. The average Bonchev–Trinajstić information content (AvgIpc) is 3.35. The van der Waals surface area contributed by atoms with Crippen molar-refractivity contribution in [1.82, 2.24) is 0 Å². The fourth-order valence-electron chi connectivity index (χ4n) is 3.08. The number of methoxy groups -OCH3 is 2. The molecule has 1 aliphatic rings. The molecule has 0 N–H and O–H groups in total. The lowest BCUT2D eigenvalue weighted by Gasteiger charge is -2.23. The number of rotatable bonds is 5. The van der Waals surface area contributed by atoms with E-state index in [2.05, 4.69) is 12.1 Å². The summed E-state index contributed by atoms with van der Waals surface area (Å²) in [6.07, 6.45) is 2.90. The zero-order chi connectivity index (χ0) is 14.9. The summed E-state index contributed by atoms with van der Waals surface area (Å²) in [7, 11) is 3.26. The highest BCUT2D eigenvalue weighted by Gasteiger charge is 2.49. The van der Waals surface area contributed by atoms with Crippen LogP contribution in [0.4, 0.5) is 0 Å². The monoisotopic (exact) mass is 282 g/mol. The molecule has 0 radical (unpaired) electrons. The zero-order valence-corrected chi connectivity index (χ0v) is 12.3. The first-order valence-electron chi connectivity index (χ1n) is 7.03. The highest BCUT2D eigenvalue weighted by Crippen LogP contribution is 2.59. The van der Waals surface area contributed by atoms with Crippen LogP contribution in [0.15, 0.2) is 42.5 Å². The van der Waals surface area contributed by atoms with E-state index in [1.54, 1.807) is 20.3 Å². The molecule has 2 aromatic rings. The van der Waals surface area contributed by atoms with E-state index in [0.29, 0.717) is 11.3 Å². The average molecular weight is 282 g/mol. The van der Waals surface area contributed by atoms with Crippen LogP contribution >= 0.6 is 0 Å². The van der Waals surface area contributed by atoms with Gasteiger partial charge in [-0.3, -0.25) is 4.79 Å². The minimum atomic E-state index is -0.100. The van der Waals surface area contributed by atoms with Crippen molar-refractivity contribution in [3.05, 3.63) is 59.2 Å². The molecule has 1 fully saturated rings. The van der Waals surface area contributed by atoms with Gasteiger partial charge in [0.25, 0.3) is 0 Å². The number of benzene rings is 2. The number of hydrogen-bond donors (Lipinski definition) is 0. The van der Waals surface area contributed by atoms with Gasteiger partial charge in [-0.15, -0.1) is 0 Å². The van der Waals surface area contributed by atoms with Gasteiger partial charge in [-0.25, -0.2) is 0 Å². The lowest BCUT2D eigenvalue weighted by atomic mass is 9.85. The maximum Gasteiger partial charge on any atom is 0.153 e. The Morgan fingerprint density at radius 3 is 2.24 bits per heavy atom. The van der Waals surface area contributed by atoms with Gasteiger partial charge in [-0.1, -0.05) is 30.3 Å². The van der Waals surface area contributed by atoms with Gasteiger partial charge in [0, 0.05) is 11.0 Å². The molecule has 0 unspecified atom stereocenters. The first kappa shape index (κ1) is 13.7. The molecule has 2 aromatic carbocycles. The smallest absolute Gasteiger partial charge is 0.153 e. The topological polar surface area (TPSA) is 35.5 Å². The Balaban J connectivity index is 2.24. The van der Waals surface area contributed by atoms with Gasteiger partial charge in [0.15, 0.2) is 6.29 Å². The number of carbonyl (C=O) groups excluding carboxylic acids is 1. The van der Waals surface area contributed by atoms with Crippen molar-refractivity contribution in [2.75, 3.05) is 14.2 Å². The van der Waals surface area contributed by atoms with E-state index in [1.165, 1.54) is 5.56 Å². The molecule has 0 aromatic heterocycles. The van der Waals surface area contributed by atoms with Crippen molar-refractivity contribution in [3.63, 3.8) is 0 Å². The summed E-state index contributed by atoms with van der Waals surface area (Å²) < 4.78 is 11.1. The van der Waals surface area contributed by atoms with Crippen molar-refractivity contribution in [3.8, 4) is 11.5 Å². The van der Waals surface area contributed by atoms with E-state index in [0.717, 1.165) is 30.4 Å². The summed E-state index contributed by atoms with van der Waals surface area (Å²) in [5.41, 5.74) is 2.69. The second-order valence-electron chi connectivity index (χ2n) is 5.33. The van der Waals surface area contributed by atoms with E-state index in [-0.39, 0.29) is 5.41 Å². The Kier molecular flexibility index (Phi) is 3.42. The fourth-order valence-corrected chi connectivity index (χ4v) is 3.08. The van der Waals surface area contributed by atoms with Gasteiger partial charge in [0.1, 0.15) is 11.5 Å². The minimum absolute atomic E-state index is 0.100. The largest absolute Gasteiger partial charge is 0.496 e. The normalized spacial score (nSPS) is 15.3. The maximum absolute atomic E-state index is 11.3. The summed E-state index contributed by atoms with van der Waals surface area (Å²) in [4.78, 5) is 11.3. The summed E-state index contributed by atoms with van der Waals surface area (Å²) in [5, 5.41) is 0. The van der Waals surface area contributed by atoms with Crippen LogP contribution in [0.25, 0.3) is 0 Å². The molecule has 3 heteroatoms. The van der Waals surface area contributed by atoms with Crippen molar-refractivity contribution in [2.45, 2.75) is 18.3 Å². The quantitative estimate of drug-likeness (QED) is 0.786. The van der Waals surface area contributed by atoms with Crippen LogP contribution in [0.5, 0.6) is 11.5 Å². The Bertz CT molecular complexity index is 658. The molecule has 0 saturated heterocycles. The van der Waals surface area contributed by atoms with E-state index in [1.807, 2.05) is 24.3 Å². The molecule has 0 heterocycles. The van der Waals surface area contributed by atoms with Crippen LogP contribution in [0.3, 0.4) is 0 Å². The van der Waals surface area contributed by atoms with Gasteiger partial charge >= 0.3 is 0 Å². The third-order valence-electron chi connectivity index (χ3n) is 4.26. The first-order valence-corrected chi connectivity index (χ1v) is 7.03. The molecule has 21 heavy (non-hydrogen) atoms. The highest BCUT2D eigenvalue weighted by molar-refractivity contribution is 5.82. The van der Waals surface area contributed by atoms with Crippen molar-refractivity contribution in [1.29, 1.82) is 0 Å². The standard InChI is InChI=1S/C18H18O3/c1-20-15-9-8-13(12-19)17(21-2)16(15)18(10-11-18)14-6-4-3-5-7-14/h3-9,12H,10-11H2,1-2H3. The molecule has 1 saturated carbocycles. The van der Waals surface area contributed by atoms with Crippen molar-refractivity contribution >= 4 is 6.29 Å². The molecule has 3 rings (SSSR count). The predicted octanol–water partition coefficient (Wildman–Crippen LogP) is 3.60. The number of hydrogen-bond acceptors (Lipinski definition) is 3. The summed E-state index contributed by atoms with van der Waals surface area (Å²) in [6.45, 7) is 0. The minimum Gasteiger partial charge on any atom is -0.496 e. The second kappa shape index (κ2) is 5.24. The van der Waals surface area contributed by atoms with Gasteiger partial charge in [0.2, 0.25) is 0 Å². The molecule has 0 atom stereocenters. The summed E-state index contributed by atoms with van der Waals surface area (Å²) in [6, 6.07) is 13.9. The van der Waals surface area contributed by atoms with E-state index in [9.17, 15) is 4.79 Å². The third kappa shape index (κ3) is 2.09. The number of aldehydes is 1. The van der Waals surface area contributed by atoms with Crippen LogP contribution in [0.2, 0.25) is 0 Å². The number of ether oxygens (including phenoxy) is 2. The van der Waals surface area contributed by atoms with E-state index in [4.69, 9.17) is 9.47 Å². The van der Waals surface area contributed by atoms with Crippen LogP contribution in [-0.4, -0.2) is 20.5 Å². The predicted molar refractivity (Wildman–Crippen MR) is 81.4 cm³/mol. The molecule has 0 amide bonds. The Morgan fingerprint density at radius 1 is 1.00 bits per heavy atom. The van der Waals surface area contributed by atoms with Crippen LogP contribution in [-0.2, 0) is 5.41 Å². The van der Waals surface area contributed by atoms with E-state index >= 15 is 0 Å².